The second-order valence-electron chi connectivity index (χ2n) is 10.8. The zero-order valence-corrected chi connectivity index (χ0v) is 21.6. The number of benzene rings is 1. The summed E-state index contributed by atoms with van der Waals surface area (Å²) < 4.78 is 18.4. The number of hydrogen-bond acceptors (Lipinski definition) is 5. The lowest BCUT2D eigenvalue weighted by atomic mass is 9.93. The average Bonchev–Trinajstić information content (AvgIpc) is 3.02. The van der Waals surface area contributed by atoms with E-state index < -0.39 is 20.4 Å². The van der Waals surface area contributed by atoms with Crippen molar-refractivity contribution >= 4 is 31.3 Å². The highest BCUT2D eigenvalue weighted by atomic mass is 28.4. The molecular formula is C24H37NO6Si. The van der Waals surface area contributed by atoms with E-state index in [1.165, 1.54) is 6.07 Å². The molecule has 1 aromatic carbocycles. The van der Waals surface area contributed by atoms with Gasteiger partial charge >= 0.3 is 12.1 Å². The Hall–Kier alpha value is -2.32. The van der Waals surface area contributed by atoms with Crippen LogP contribution < -0.4 is 4.74 Å². The van der Waals surface area contributed by atoms with Crippen molar-refractivity contribution in [3.05, 3.63) is 30.0 Å². The lowest BCUT2D eigenvalue weighted by Crippen LogP contribution is -2.41. The van der Waals surface area contributed by atoms with Crippen molar-refractivity contribution in [2.45, 2.75) is 66.1 Å². The Morgan fingerprint density at radius 2 is 1.66 bits per heavy atom. The first-order chi connectivity index (χ1) is 14.6. The lowest BCUT2D eigenvalue weighted by Gasteiger charge is -2.36. The Balaban J connectivity index is 2.12. The van der Waals surface area contributed by atoms with Gasteiger partial charge in [-0.25, -0.2) is 14.2 Å². The number of carbonyl (C=O) groups is 2. The number of hydrogen-bond donors (Lipinski definition) is 1. The maximum atomic E-state index is 12.6. The van der Waals surface area contributed by atoms with E-state index in [0.29, 0.717) is 36.3 Å². The summed E-state index contributed by atoms with van der Waals surface area (Å²) in [5.74, 6) is -0.606. The summed E-state index contributed by atoms with van der Waals surface area (Å²) in [6.45, 7) is 18.2. The van der Waals surface area contributed by atoms with E-state index in [1.807, 2.05) is 20.8 Å². The van der Waals surface area contributed by atoms with Crippen LogP contribution in [0.4, 0.5) is 4.79 Å². The third kappa shape index (κ3) is 6.59. The summed E-state index contributed by atoms with van der Waals surface area (Å²) in [7, 11) is -1.84. The Morgan fingerprint density at radius 3 is 2.22 bits per heavy atom. The summed E-state index contributed by atoms with van der Waals surface area (Å²) in [5.41, 5.74) is 0.335. The lowest BCUT2D eigenvalue weighted by molar-refractivity contribution is 0.0680. The summed E-state index contributed by atoms with van der Waals surface area (Å²) in [5, 5.41) is 10.3. The second-order valence-corrected chi connectivity index (χ2v) is 15.6. The van der Waals surface area contributed by atoms with Crippen LogP contribution >= 0.6 is 0 Å². The van der Waals surface area contributed by atoms with Gasteiger partial charge in [-0.2, -0.15) is 0 Å². The predicted molar refractivity (Wildman–Crippen MR) is 128 cm³/mol. The minimum atomic E-state index is -1.84. The fraction of sp³-hybridized carbons (Fsp3) is 0.583. The van der Waals surface area contributed by atoms with Crippen LogP contribution in [0.3, 0.4) is 0 Å². The number of nitrogens with zero attached hydrogens (tertiary/aromatic N) is 1. The first-order valence-corrected chi connectivity index (χ1v) is 13.9. The van der Waals surface area contributed by atoms with E-state index in [-0.39, 0.29) is 22.8 Å². The average molecular weight is 464 g/mol. The van der Waals surface area contributed by atoms with Gasteiger partial charge < -0.3 is 19.0 Å². The molecule has 2 aromatic rings. The van der Waals surface area contributed by atoms with Gasteiger partial charge in [0.25, 0.3) is 0 Å². The molecule has 32 heavy (non-hydrogen) atoms. The molecule has 0 atom stereocenters. The SMILES string of the molecule is CC(C)(C)CCOC(=O)n1c(C(=O)O)cc2cc(OCCO[Si](C)(C)C(C)(C)C)ccc21. The van der Waals surface area contributed by atoms with Crippen molar-refractivity contribution in [2.24, 2.45) is 5.41 Å². The molecular weight excluding hydrogens is 426 g/mol. The van der Waals surface area contributed by atoms with Crippen LogP contribution in [0, 0.1) is 5.41 Å². The number of carboxylic acid groups (broad SMARTS) is 1. The first-order valence-electron chi connectivity index (χ1n) is 11.0. The van der Waals surface area contributed by atoms with Crippen molar-refractivity contribution in [2.75, 3.05) is 19.8 Å². The summed E-state index contributed by atoms with van der Waals surface area (Å²) in [4.78, 5) is 24.4. The van der Waals surface area contributed by atoms with Gasteiger partial charge in [-0.1, -0.05) is 41.5 Å². The highest BCUT2D eigenvalue weighted by Crippen LogP contribution is 2.36. The van der Waals surface area contributed by atoms with Crippen molar-refractivity contribution in [3.8, 4) is 5.75 Å². The zero-order valence-electron chi connectivity index (χ0n) is 20.6. The molecule has 0 unspecified atom stereocenters. The van der Waals surface area contributed by atoms with E-state index in [9.17, 15) is 14.7 Å². The van der Waals surface area contributed by atoms with Crippen LogP contribution in [-0.4, -0.2) is 49.9 Å². The largest absolute Gasteiger partial charge is 0.491 e. The van der Waals surface area contributed by atoms with E-state index in [1.54, 1.807) is 18.2 Å². The molecule has 1 heterocycles. The standard InChI is InChI=1S/C24H37NO6Si/c1-23(2,3)11-12-30-22(28)25-19-10-9-18(15-17(19)16-20(25)21(26)27)29-13-14-31-32(7,8)24(4,5)6/h9-10,15-16H,11-14H2,1-8H3,(H,26,27). The van der Waals surface area contributed by atoms with Crippen LogP contribution in [0.5, 0.6) is 5.75 Å². The van der Waals surface area contributed by atoms with Gasteiger partial charge in [0.1, 0.15) is 18.1 Å². The maximum absolute atomic E-state index is 12.6. The van der Waals surface area contributed by atoms with Crippen LogP contribution in [-0.2, 0) is 9.16 Å². The zero-order chi connectivity index (χ0) is 24.3. The summed E-state index contributed by atoms with van der Waals surface area (Å²) in [6, 6.07) is 6.59. The minimum Gasteiger partial charge on any atom is -0.491 e. The van der Waals surface area contributed by atoms with Crippen molar-refractivity contribution in [1.82, 2.24) is 4.57 Å². The fourth-order valence-electron chi connectivity index (χ4n) is 2.82. The number of aromatic nitrogens is 1. The van der Waals surface area contributed by atoms with Gasteiger partial charge in [0, 0.05) is 5.39 Å². The highest BCUT2D eigenvalue weighted by molar-refractivity contribution is 6.74. The van der Waals surface area contributed by atoms with Crippen molar-refractivity contribution < 1.29 is 28.6 Å². The molecule has 2 rings (SSSR count). The molecule has 0 radical (unpaired) electrons. The molecule has 0 aliphatic heterocycles. The molecule has 178 valence electrons. The molecule has 1 aromatic heterocycles. The molecule has 0 saturated carbocycles. The summed E-state index contributed by atoms with van der Waals surface area (Å²) in [6.07, 6.45) is -0.0203. The number of fused-ring (bicyclic) bond motifs is 1. The predicted octanol–water partition coefficient (Wildman–Crippen LogP) is 6.16. The normalized spacial score (nSPS) is 12.8. The molecule has 8 heteroatoms. The summed E-state index contributed by atoms with van der Waals surface area (Å²) >= 11 is 0. The van der Waals surface area contributed by atoms with Crippen LogP contribution in [0.15, 0.2) is 24.3 Å². The Kier molecular flexibility index (Phi) is 7.83. The fourth-order valence-corrected chi connectivity index (χ4v) is 3.85. The number of rotatable bonds is 8. The van der Waals surface area contributed by atoms with E-state index in [4.69, 9.17) is 13.9 Å². The minimum absolute atomic E-state index is 0.00913. The topological polar surface area (TPSA) is 87.0 Å². The second kappa shape index (κ2) is 9.66. The van der Waals surface area contributed by atoms with Crippen LogP contribution in [0.2, 0.25) is 18.1 Å². The van der Waals surface area contributed by atoms with Crippen LogP contribution in [0.1, 0.15) is 58.5 Å². The van der Waals surface area contributed by atoms with Crippen molar-refractivity contribution in [3.63, 3.8) is 0 Å². The molecule has 0 bridgehead atoms. The molecule has 1 N–H and O–H groups in total. The van der Waals surface area contributed by atoms with Gasteiger partial charge in [-0.15, -0.1) is 0 Å². The first kappa shape index (κ1) is 25.9. The molecule has 0 fully saturated rings. The third-order valence-electron chi connectivity index (χ3n) is 5.87. The number of aromatic carboxylic acids is 1. The quantitative estimate of drug-likeness (QED) is 0.372. The molecule has 7 nitrogen and oxygen atoms in total. The monoisotopic (exact) mass is 463 g/mol. The van der Waals surface area contributed by atoms with Crippen LogP contribution in [0.25, 0.3) is 10.9 Å². The number of carboxylic acids is 1. The molecule has 0 amide bonds. The molecule has 0 spiro atoms. The number of carbonyl (C=O) groups excluding carboxylic acids is 1. The van der Waals surface area contributed by atoms with Gasteiger partial charge in [0.15, 0.2) is 8.32 Å². The molecule has 0 aliphatic carbocycles. The van der Waals surface area contributed by atoms with Crippen molar-refractivity contribution in [1.29, 1.82) is 0 Å². The molecule has 0 aliphatic rings. The highest BCUT2D eigenvalue weighted by Gasteiger charge is 2.36. The maximum Gasteiger partial charge on any atom is 0.419 e. The van der Waals surface area contributed by atoms with Gasteiger partial charge in [0.05, 0.1) is 18.7 Å². The van der Waals surface area contributed by atoms with Gasteiger partial charge in [-0.05, 0) is 54.2 Å². The smallest absolute Gasteiger partial charge is 0.419 e. The molecule has 0 saturated heterocycles. The third-order valence-corrected chi connectivity index (χ3v) is 10.4. The number of ether oxygens (including phenoxy) is 2. The van der Waals surface area contributed by atoms with Gasteiger partial charge in [-0.3, -0.25) is 0 Å². The van der Waals surface area contributed by atoms with E-state index >= 15 is 0 Å². The Labute approximate surface area is 191 Å². The Bertz CT molecular complexity index is 965. The van der Waals surface area contributed by atoms with E-state index in [0.717, 1.165) is 4.57 Å². The van der Waals surface area contributed by atoms with Gasteiger partial charge in [0.2, 0.25) is 0 Å². The van der Waals surface area contributed by atoms with E-state index in [2.05, 4.69) is 33.9 Å². The Morgan fingerprint density at radius 1 is 1.00 bits per heavy atom.